The van der Waals surface area contributed by atoms with Gasteiger partial charge in [-0.25, -0.2) is 0 Å². The molecule has 0 atom stereocenters. The monoisotopic (exact) mass is 369 g/mol. The topological polar surface area (TPSA) is 50.9 Å². The number of nitrogens with two attached hydrogens (primary N) is 1. The fourth-order valence-electron chi connectivity index (χ4n) is 1.94. The number of nitrogens with zero attached hydrogens (tertiary/aromatic N) is 2. The number of hydrogen-bond donors (Lipinski definition) is 1. The number of ether oxygens (including phenoxy) is 1. The van der Waals surface area contributed by atoms with Crippen LogP contribution in [0.5, 0.6) is 0 Å². The molecule has 0 bridgehead atoms. The average Bonchev–Trinajstić information content (AvgIpc) is 2.56. The maximum Gasteiger partial charge on any atom is 0.191 e. The lowest BCUT2D eigenvalue weighted by molar-refractivity contribution is 0.116. The molecule has 0 aromatic heterocycles. The molecule has 0 aromatic rings. The summed E-state index contributed by atoms with van der Waals surface area (Å²) in [6.45, 7) is 8.56. The van der Waals surface area contributed by atoms with Gasteiger partial charge < -0.3 is 15.4 Å². The zero-order valence-corrected chi connectivity index (χ0v) is 14.1. The number of guanidine groups is 1. The second-order valence-electron chi connectivity index (χ2n) is 5.11. The van der Waals surface area contributed by atoms with Crippen LogP contribution in [0.2, 0.25) is 0 Å². The highest BCUT2D eigenvalue weighted by atomic mass is 127. The molecular formula is C13H28IN3O. The van der Waals surface area contributed by atoms with E-state index in [1.54, 1.807) is 0 Å². The standard InChI is InChI=1S/C13H27N3O.HI/c1-12(2)11-17-10-7-15-13(14)16-8-5-3-4-6-9-16;/h12H,3-11H2,1-2H3,(H2,14,15);1H. The van der Waals surface area contributed by atoms with E-state index in [1.807, 2.05) is 0 Å². The van der Waals surface area contributed by atoms with Gasteiger partial charge in [-0.3, -0.25) is 4.99 Å². The molecule has 0 aliphatic carbocycles. The van der Waals surface area contributed by atoms with Gasteiger partial charge in [-0.15, -0.1) is 24.0 Å². The summed E-state index contributed by atoms with van der Waals surface area (Å²) in [7, 11) is 0. The number of likely N-dealkylation sites (tertiary alicyclic amines) is 1. The Kier molecular flexibility index (Phi) is 10.8. The molecule has 0 saturated carbocycles. The van der Waals surface area contributed by atoms with Crippen molar-refractivity contribution in [1.29, 1.82) is 0 Å². The predicted octanol–water partition coefficient (Wildman–Crippen LogP) is 2.47. The van der Waals surface area contributed by atoms with Crippen LogP contribution in [0.3, 0.4) is 0 Å². The second kappa shape index (κ2) is 10.8. The quantitative estimate of drug-likeness (QED) is 0.351. The lowest BCUT2D eigenvalue weighted by Gasteiger charge is -2.21. The van der Waals surface area contributed by atoms with E-state index < -0.39 is 0 Å². The summed E-state index contributed by atoms with van der Waals surface area (Å²) in [5.74, 6) is 1.28. The van der Waals surface area contributed by atoms with Crippen molar-refractivity contribution >= 4 is 29.9 Å². The van der Waals surface area contributed by atoms with E-state index in [-0.39, 0.29) is 24.0 Å². The van der Waals surface area contributed by atoms with Crippen molar-refractivity contribution in [3.8, 4) is 0 Å². The van der Waals surface area contributed by atoms with Crippen LogP contribution in [-0.4, -0.2) is 43.7 Å². The highest BCUT2D eigenvalue weighted by Crippen LogP contribution is 2.08. The van der Waals surface area contributed by atoms with Crippen LogP contribution < -0.4 is 5.73 Å². The van der Waals surface area contributed by atoms with Crippen LogP contribution in [0.4, 0.5) is 0 Å². The van der Waals surface area contributed by atoms with Gasteiger partial charge in [0.1, 0.15) is 0 Å². The molecule has 18 heavy (non-hydrogen) atoms. The largest absolute Gasteiger partial charge is 0.379 e. The van der Waals surface area contributed by atoms with Crippen molar-refractivity contribution in [2.75, 3.05) is 32.8 Å². The van der Waals surface area contributed by atoms with Gasteiger partial charge in [0.15, 0.2) is 5.96 Å². The molecule has 5 heteroatoms. The molecule has 0 spiro atoms. The third-order valence-corrected chi connectivity index (χ3v) is 2.89. The Bertz CT molecular complexity index is 226. The average molecular weight is 369 g/mol. The minimum atomic E-state index is 0. The lowest BCUT2D eigenvalue weighted by Crippen LogP contribution is -2.38. The van der Waals surface area contributed by atoms with E-state index in [2.05, 4.69) is 23.7 Å². The maximum absolute atomic E-state index is 5.98. The minimum absolute atomic E-state index is 0. The molecular weight excluding hydrogens is 341 g/mol. The second-order valence-corrected chi connectivity index (χ2v) is 5.11. The number of halogens is 1. The van der Waals surface area contributed by atoms with Gasteiger partial charge in [0, 0.05) is 19.7 Å². The van der Waals surface area contributed by atoms with E-state index in [0.29, 0.717) is 25.0 Å². The van der Waals surface area contributed by atoms with Gasteiger partial charge >= 0.3 is 0 Å². The van der Waals surface area contributed by atoms with E-state index in [9.17, 15) is 0 Å². The molecule has 4 nitrogen and oxygen atoms in total. The molecule has 0 unspecified atom stereocenters. The van der Waals surface area contributed by atoms with E-state index in [4.69, 9.17) is 10.5 Å². The van der Waals surface area contributed by atoms with Crippen LogP contribution in [0, 0.1) is 5.92 Å². The Balaban J connectivity index is 0.00000289. The van der Waals surface area contributed by atoms with Crippen molar-refractivity contribution in [3.63, 3.8) is 0 Å². The van der Waals surface area contributed by atoms with Crippen LogP contribution in [0.1, 0.15) is 39.5 Å². The summed E-state index contributed by atoms with van der Waals surface area (Å²) in [6, 6.07) is 0. The smallest absolute Gasteiger partial charge is 0.191 e. The van der Waals surface area contributed by atoms with E-state index in [0.717, 1.165) is 19.7 Å². The van der Waals surface area contributed by atoms with Crippen molar-refractivity contribution in [1.82, 2.24) is 4.90 Å². The molecule has 0 aromatic carbocycles. The Morgan fingerprint density at radius 2 is 1.83 bits per heavy atom. The fraction of sp³-hybridized carbons (Fsp3) is 0.923. The van der Waals surface area contributed by atoms with Crippen LogP contribution in [0.15, 0.2) is 4.99 Å². The third-order valence-electron chi connectivity index (χ3n) is 2.89. The number of hydrogen-bond acceptors (Lipinski definition) is 2. The molecule has 1 heterocycles. The van der Waals surface area contributed by atoms with Crippen molar-refractivity contribution in [3.05, 3.63) is 0 Å². The van der Waals surface area contributed by atoms with Gasteiger partial charge in [-0.2, -0.15) is 0 Å². The molecule has 1 rings (SSSR count). The summed E-state index contributed by atoms with van der Waals surface area (Å²) >= 11 is 0. The molecule has 1 aliphatic heterocycles. The molecule has 1 fully saturated rings. The summed E-state index contributed by atoms with van der Waals surface area (Å²) in [4.78, 5) is 6.59. The third kappa shape index (κ3) is 8.13. The van der Waals surface area contributed by atoms with Gasteiger partial charge in [0.2, 0.25) is 0 Å². The maximum atomic E-state index is 5.98. The van der Waals surface area contributed by atoms with Crippen LogP contribution in [-0.2, 0) is 4.74 Å². The Labute approximate surface area is 128 Å². The first-order chi connectivity index (χ1) is 8.20. The molecule has 2 N–H and O–H groups in total. The van der Waals surface area contributed by atoms with Gasteiger partial charge in [0.05, 0.1) is 13.2 Å². The summed E-state index contributed by atoms with van der Waals surface area (Å²) in [6.07, 6.45) is 5.11. The zero-order chi connectivity index (χ0) is 12.5. The Hall–Kier alpha value is -0.0400. The first-order valence-electron chi connectivity index (χ1n) is 6.82. The summed E-state index contributed by atoms with van der Waals surface area (Å²) in [5.41, 5.74) is 5.98. The Morgan fingerprint density at radius 1 is 1.22 bits per heavy atom. The SMILES string of the molecule is CC(C)COCCN=C(N)N1CCCCCC1.I. The first-order valence-corrected chi connectivity index (χ1v) is 6.82. The number of rotatable bonds is 5. The molecule has 108 valence electrons. The molecule has 1 saturated heterocycles. The van der Waals surface area contributed by atoms with E-state index >= 15 is 0 Å². The van der Waals surface area contributed by atoms with Gasteiger partial charge in [0.25, 0.3) is 0 Å². The highest BCUT2D eigenvalue weighted by molar-refractivity contribution is 14.0. The van der Waals surface area contributed by atoms with Gasteiger partial charge in [-0.1, -0.05) is 26.7 Å². The highest BCUT2D eigenvalue weighted by Gasteiger charge is 2.10. The molecule has 1 aliphatic rings. The molecule has 0 amide bonds. The summed E-state index contributed by atoms with van der Waals surface area (Å²) < 4.78 is 5.48. The predicted molar refractivity (Wildman–Crippen MR) is 87.6 cm³/mol. The zero-order valence-electron chi connectivity index (χ0n) is 11.7. The van der Waals surface area contributed by atoms with Crippen LogP contribution >= 0.6 is 24.0 Å². The Morgan fingerprint density at radius 3 is 2.39 bits per heavy atom. The van der Waals surface area contributed by atoms with Crippen molar-refractivity contribution < 1.29 is 4.74 Å². The fourth-order valence-corrected chi connectivity index (χ4v) is 1.94. The van der Waals surface area contributed by atoms with Crippen molar-refractivity contribution in [2.45, 2.75) is 39.5 Å². The van der Waals surface area contributed by atoms with Crippen molar-refractivity contribution in [2.24, 2.45) is 16.6 Å². The molecule has 0 radical (unpaired) electrons. The van der Waals surface area contributed by atoms with Crippen LogP contribution in [0.25, 0.3) is 0 Å². The minimum Gasteiger partial charge on any atom is -0.379 e. The normalized spacial score (nSPS) is 17.5. The summed E-state index contributed by atoms with van der Waals surface area (Å²) in [5, 5.41) is 0. The first kappa shape index (κ1) is 18.0. The lowest BCUT2D eigenvalue weighted by atomic mass is 10.2. The van der Waals surface area contributed by atoms with E-state index in [1.165, 1.54) is 25.7 Å². The van der Waals surface area contributed by atoms with Gasteiger partial charge in [-0.05, 0) is 18.8 Å². The number of aliphatic imine (C=N–C) groups is 1.